The zero-order chi connectivity index (χ0) is 12.3. The van der Waals surface area contributed by atoms with Crippen LogP contribution in [0, 0.1) is 6.92 Å². The highest BCUT2D eigenvalue weighted by molar-refractivity contribution is 9.11. The Morgan fingerprint density at radius 1 is 1.50 bits per heavy atom. The normalized spacial score (nSPS) is 11.9. The predicted octanol–water partition coefficient (Wildman–Crippen LogP) is 4.41. The third-order valence-electron chi connectivity index (χ3n) is 2.20. The molecule has 1 rings (SSSR count). The molecule has 0 saturated heterocycles. The lowest BCUT2D eigenvalue weighted by Crippen LogP contribution is -2.01. The van der Waals surface area contributed by atoms with E-state index in [4.69, 9.17) is 17.3 Å². The molecule has 0 aliphatic heterocycles. The molecule has 0 amide bonds. The Balaban J connectivity index is 3.41. The topological polar surface area (TPSA) is 26.0 Å². The molecule has 0 saturated carbocycles. The van der Waals surface area contributed by atoms with E-state index in [1.807, 2.05) is 25.1 Å². The van der Waals surface area contributed by atoms with E-state index in [1.165, 1.54) is 0 Å². The molecule has 1 nitrogen and oxygen atoms in total. The van der Waals surface area contributed by atoms with Crippen LogP contribution in [0.3, 0.4) is 0 Å². The largest absolute Gasteiger partial charge is 0.397 e. The van der Waals surface area contributed by atoms with E-state index in [0.717, 1.165) is 16.7 Å². The minimum absolute atomic E-state index is 0.542. The lowest BCUT2D eigenvalue weighted by molar-refractivity contribution is 1.40. The lowest BCUT2D eigenvalue weighted by atomic mass is 10.0. The number of benzene rings is 1. The Bertz CT molecular complexity index is 475. The summed E-state index contributed by atoms with van der Waals surface area (Å²) in [5.41, 5.74) is 9.21. The van der Waals surface area contributed by atoms with Gasteiger partial charge in [-0.3, -0.25) is 0 Å². The second-order valence-corrected chi connectivity index (χ2v) is 4.78. The van der Waals surface area contributed by atoms with Crippen molar-refractivity contribution in [1.82, 2.24) is 0 Å². The molecule has 0 aliphatic rings. The summed E-state index contributed by atoms with van der Waals surface area (Å²) in [6.45, 7) is 9.47. The van der Waals surface area contributed by atoms with Gasteiger partial charge in [-0.05, 0) is 34.5 Å². The van der Waals surface area contributed by atoms with Crippen LogP contribution in [0.4, 0.5) is 0 Å². The molecule has 0 aromatic heterocycles. The molecule has 0 unspecified atom stereocenters. The zero-order valence-corrected chi connectivity index (χ0v) is 11.4. The van der Waals surface area contributed by atoms with Gasteiger partial charge in [0.25, 0.3) is 0 Å². The third-order valence-corrected chi connectivity index (χ3v) is 2.94. The van der Waals surface area contributed by atoms with Gasteiger partial charge in [0.1, 0.15) is 0 Å². The first kappa shape index (κ1) is 13.1. The standard InChI is InChI=1S/C13H13BrClN/c1-4-10(13(16)9(3)14)11-6-5-8(2)7-12(11)15/h4-7H,1,3,16H2,2H3/b13-10-. The van der Waals surface area contributed by atoms with Crippen molar-refractivity contribution in [2.75, 3.05) is 0 Å². The average Bonchev–Trinajstić information content (AvgIpc) is 2.21. The molecule has 1 aromatic rings. The fourth-order valence-corrected chi connectivity index (χ4v) is 1.90. The quantitative estimate of drug-likeness (QED) is 0.822. The van der Waals surface area contributed by atoms with Crippen LogP contribution >= 0.6 is 27.5 Å². The molecule has 1 aromatic carbocycles. The summed E-state index contributed by atoms with van der Waals surface area (Å²) in [6.07, 6.45) is 1.68. The Kier molecular flexibility index (Phi) is 4.39. The summed E-state index contributed by atoms with van der Waals surface area (Å²) >= 11 is 9.42. The van der Waals surface area contributed by atoms with E-state index in [9.17, 15) is 0 Å². The molecule has 0 bridgehead atoms. The molecule has 0 heterocycles. The van der Waals surface area contributed by atoms with Gasteiger partial charge in [-0.15, -0.1) is 0 Å². The fraction of sp³-hybridized carbons (Fsp3) is 0.0769. The number of halogens is 2. The summed E-state index contributed by atoms with van der Waals surface area (Å²) in [4.78, 5) is 0. The molecule has 0 fully saturated rings. The van der Waals surface area contributed by atoms with E-state index in [-0.39, 0.29) is 0 Å². The fourth-order valence-electron chi connectivity index (χ4n) is 1.35. The monoisotopic (exact) mass is 297 g/mol. The van der Waals surface area contributed by atoms with Crippen molar-refractivity contribution in [3.63, 3.8) is 0 Å². The van der Waals surface area contributed by atoms with Gasteiger partial charge in [-0.2, -0.15) is 0 Å². The number of hydrogen-bond donors (Lipinski definition) is 1. The first-order valence-electron chi connectivity index (χ1n) is 4.71. The Morgan fingerprint density at radius 2 is 2.12 bits per heavy atom. The van der Waals surface area contributed by atoms with Crippen LogP contribution in [0.2, 0.25) is 5.02 Å². The number of aryl methyl sites for hydroxylation is 1. The maximum absolute atomic E-state index is 6.17. The van der Waals surface area contributed by atoms with Gasteiger partial charge in [-0.25, -0.2) is 0 Å². The van der Waals surface area contributed by atoms with E-state index < -0.39 is 0 Å². The van der Waals surface area contributed by atoms with Gasteiger partial charge in [-0.1, -0.05) is 43.0 Å². The van der Waals surface area contributed by atoms with Crippen molar-refractivity contribution in [2.24, 2.45) is 5.73 Å². The molecule has 0 spiro atoms. The summed E-state index contributed by atoms with van der Waals surface area (Å²) in [5.74, 6) is 0. The van der Waals surface area contributed by atoms with Gasteiger partial charge in [0, 0.05) is 20.6 Å². The minimum Gasteiger partial charge on any atom is -0.397 e. The number of nitrogens with two attached hydrogens (primary N) is 1. The Labute approximate surface area is 109 Å². The molecular formula is C13H13BrClN. The molecule has 3 heteroatoms. The van der Waals surface area contributed by atoms with Crippen LogP contribution in [-0.2, 0) is 0 Å². The predicted molar refractivity (Wildman–Crippen MR) is 75.6 cm³/mol. The van der Waals surface area contributed by atoms with Crippen molar-refractivity contribution in [1.29, 1.82) is 0 Å². The van der Waals surface area contributed by atoms with E-state index >= 15 is 0 Å². The maximum atomic E-state index is 6.17. The van der Waals surface area contributed by atoms with Crippen molar-refractivity contribution in [2.45, 2.75) is 6.92 Å². The molecular weight excluding hydrogens is 286 g/mol. The van der Waals surface area contributed by atoms with E-state index in [1.54, 1.807) is 6.08 Å². The first-order valence-corrected chi connectivity index (χ1v) is 5.88. The van der Waals surface area contributed by atoms with Gasteiger partial charge >= 0.3 is 0 Å². The Hall–Kier alpha value is -0.990. The van der Waals surface area contributed by atoms with Gasteiger partial charge < -0.3 is 5.73 Å². The highest BCUT2D eigenvalue weighted by Crippen LogP contribution is 2.29. The maximum Gasteiger partial charge on any atom is 0.0532 e. The smallest absolute Gasteiger partial charge is 0.0532 e. The molecule has 0 radical (unpaired) electrons. The van der Waals surface area contributed by atoms with Crippen LogP contribution in [0.25, 0.3) is 5.57 Å². The molecule has 84 valence electrons. The first-order chi connectivity index (χ1) is 7.47. The van der Waals surface area contributed by atoms with Crippen LogP contribution in [0.15, 0.2) is 47.6 Å². The summed E-state index contributed by atoms with van der Waals surface area (Å²) in [6, 6.07) is 5.80. The highest BCUT2D eigenvalue weighted by atomic mass is 79.9. The summed E-state index contributed by atoms with van der Waals surface area (Å²) < 4.78 is 0.624. The van der Waals surface area contributed by atoms with E-state index in [0.29, 0.717) is 15.2 Å². The third kappa shape index (κ3) is 2.77. The molecule has 16 heavy (non-hydrogen) atoms. The number of hydrogen-bond acceptors (Lipinski definition) is 1. The number of allylic oxidation sites excluding steroid dienone is 3. The minimum atomic E-state index is 0.542. The second-order valence-electron chi connectivity index (χ2n) is 3.42. The lowest BCUT2D eigenvalue weighted by Gasteiger charge is -2.10. The molecule has 0 aliphatic carbocycles. The summed E-state index contributed by atoms with van der Waals surface area (Å²) in [5, 5.41) is 0.659. The van der Waals surface area contributed by atoms with Crippen LogP contribution in [-0.4, -0.2) is 0 Å². The Morgan fingerprint density at radius 3 is 2.56 bits per heavy atom. The molecule has 0 atom stereocenters. The molecule has 2 N–H and O–H groups in total. The average molecular weight is 299 g/mol. The zero-order valence-electron chi connectivity index (χ0n) is 9.06. The van der Waals surface area contributed by atoms with Crippen molar-refractivity contribution in [3.8, 4) is 0 Å². The van der Waals surface area contributed by atoms with Crippen molar-refractivity contribution in [3.05, 3.63) is 63.8 Å². The van der Waals surface area contributed by atoms with Crippen molar-refractivity contribution >= 4 is 33.1 Å². The van der Waals surface area contributed by atoms with Crippen molar-refractivity contribution < 1.29 is 0 Å². The van der Waals surface area contributed by atoms with Crippen LogP contribution < -0.4 is 5.73 Å². The second kappa shape index (κ2) is 5.37. The highest BCUT2D eigenvalue weighted by Gasteiger charge is 2.08. The van der Waals surface area contributed by atoms with Gasteiger partial charge in [0.2, 0.25) is 0 Å². The van der Waals surface area contributed by atoms with Crippen LogP contribution in [0.1, 0.15) is 11.1 Å². The SMILES string of the molecule is C=C/C(=C(/N)C(=C)Br)c1ccc(C)cc1Cl. The van der Waals surface area contributed by atoms with Gasteiger partial charge in [0.15, 0.2) is 0 Å². The van der Waals surface area contributed by atoms with Gasteiger partial charge in [0.05, 0.1) is 5.70 Å². The number of rotatable bonds is 3. The van der Waals surface area contributed by atoms with E-state index in [2.05, 4.69) is 29.1 Å². The van der Waals surface area contributed by atoms with Crippen LogP contribution in [0.5, 0.6) is 0 Å². The summed E-state index contributed by atoms with van der Waals surface area (Å²) in [7, 11) is 0.